The van der Waals surface area contributed by atoms with Crippen LogP contribution in [0.2, 0.25) is 0 Å². The van der Waals surface area contributed by atoms with Crippen LogP contribution in [0.15, 0.2) is 24.3 Å². The van der Waals surface area contributed by atoms with Crippen LogP contribution in [0.4, 0.5) is 5.69 Å². The molecule has 0 saturated heterocycles. The molecule has 0 aliphatic heterocycles. The van der Waals surface area contributed by atoms with E-state index in [0.29, 0.717) is 5.69 Å². The number of carbonyl (C=O) groups is 1. The maximum absolute atomic E-state index is 11.8. The highest BCUT2D eigenvalue weighted by molar-refractivity contribution is 7.92. The van der Waals surface area contributed by atoms with Crippen LogP contribution in [0.3, 0.4) is 0 Å². The summed E-state index contributed by atoms with van der Waals surface area (Å²) in [6, 6.07) is 5.88. The second-order valence-corrected chi connectivity index (χ2v) is 5.72. The Morgan fingerprint density at radius 3 is 2.25 bits per heavy atom. The lowest BCUT2D eigenvalue weighted by Gasteiger charge is -2.10. The number of rotatable bonds is 4. The topological polar surface area (TPSA) is 97.5 Å². The molecule has 1 aromatic carbocycles. The van der Waals surface area contributed by atoms with Gasteiger partial charge in [-0.2, -0.15) is 0 Å². The molecular weight excluding hydrogens is 230 g/mol. The Hall–Kier alpha value is -1.40. The van der Waals surface area contributed by atoms with Crippen LogP contribution in [0, 0.1) is 0 Å². The van der Waals surface area contributed by atoms with Crippen molar-refractivity contribution < 1.29 is 18.3 Å². The van der Waals surface area contributed by atoms with Gasteiger partial charge in [0, 0.05) is 17.5 Å². The largest absolute Gasteiger partial charge is 0.399 e. The summed E-state index contributed by atoms with van der Waals surface area (Å²) in [4.78, 5) is 11.8. The molecule has 5 nitrogen and oxygen atoms in total. The number of anilines is 1. The first-order valence-electron chi connectivity index (χ1n) is 4.55. The van der Waals surface area contributed by atoms with Crippen LogP contribution < -0.4 is 5.73 Å². The molecule has 0 amide bonds. The zero-order valence-corrected chi connectivity index (χ0v) is 9.57. The Kier molecular flexibility index (Phi) is 3.66. The van der Waals surface area contributed by atoms with Gasteiger partial charge in [0.2, 0.25) is 0 Å². The predicted molar refractivity (Wildman–Crippen MR) is 60.9 cm³/mol. The van der Waals surface area contributed by atoms with E-state index < -0.39 is 27.5 Å². The molecule has 0 heterocycles. The molecule has 0 fully saturated rings. The van der Waals surface area contributed by atoms with E-state index in [-0.39, 0.29) is 5.56 Å². The number of ketones is 1. The lowest BCUT2D eigenvalue weighted by atomic mass is 10.1. The monoisotopic (exact) mass is 243 g/mol. The molecule has 16 heavy (non-hydrogen) atoms. The van der Waals surface area contributed by atoms with E-state index in [4.69, 9.17) is 10.8 Å². The van der Waals surface area contributed by atoms with Gasteiger partial charge in [-0.3, -0.25) is 4.79 Å². The molecule has 1 aromatic rings. The lowest BCUT2D eigenvalue weighted by Crippen LogP contribution is -2.33. The third-order valence-corrected chi connectivity index (χ3v) is 3.57. The highest BCUT2D eigenvalue weighted by Crippen LogP contribution is 2.11. The van der Waals surface area contributed by atoms with Gasteiger partial charge >= 0.3 is 0 Å². The van der Waals surface area contributed by atoms with Crippen LogP contribution in [0.5, 0.6) is 0 Å². The molecule has 1 atom stereocenters. The molecule has 0 aliphatic carbocycles. The zero-order chi connectivity index (χ0) is 12.3. The standard InChI is InChI=1S/C10H13NO4S/c1-16(14,15)9(6-12)10(13)7-2-4-8(11)5-3-7/h2-5,9,12H,6,11H2,1H3/t9-/m0/s1. The third kappa shape index (κ3) is 2.80. The first-order chi connectivity index (χ1) is 7.36. The number of aliphatic hydroxyl groups is 1. The first-order valence-corrected chi connectivity index (χ1v) is 6.51. The molecule has 0 radical (unpaired) electrons. The summed E-state index contributed by atoms with van der Waals surface area (Å²) in [5.41, 5.74) is 6.15. The van der Waals surface area contributed by atoms with E-state index in [2.05, 4.69) is 0 Å². The van der Waals surface area contributed by atoms with Crippen molar-refractivity contribution in [1.29, 1.82) is 0 Å². The van der Waals surface area contributed by atoms with E-state index >= 15 is 0 Å². The Morgan fingerprint density at radius 1 is 1.38 bits per heavy atom. The van der Waals surface area contributed by atoms with Crippen molar-refractivity contribution in [3.05, 3.63) is 29.8 Å². The van der Waals surface area contributed by atoms with E-state index in [1.54, 1.807) is 0 Å². The van der Waals surface area contributed by atoms with Crippen LogP contribution >= 0.6 is 0 Å². The quantitative estimate of drug-likeness (QED) is 0.566. The minimum Gasteiger partial charge on any atom is -0.399 e. The Balaban J connectivity index is 3.06. The van der Waals surface area contributed by atoms with Crippen molar-refractivity contribution in [2.45, 2.75) is 5.25 Å². The highest BCUT2D eigenvalue weighted by atomic mass is 32.2. The summed E-state index contributed by atoms with van der Waals surface area (Å²) in [5, 5.41) is 7.52. The van der Waals surface area contributed by atoms with E-state index in [1.807, 2.05) is 0 Å². The number of Topliss-reactive ketones (excluding diaryl/α,β-unsaturated/α-hetero) is 1. The van der Waals surface area contributed by atoms with Gasteiger partial charge in [-0.25, -0.2) is 8.42 Å². The maximum atomic E-state index is 11.8. The van der Waals surface area contributed by atoms with Crippen molar-refractivity contribution in [1.82, 2.24) is 0 Å². The average Bonchev–Trinajstić information content (AvgIpc) is 2.17. The van der Waals surface area contributed by atoms with Gasteiger partial charge < -0.3 is 10.8 Å². The Bertz CT molecular complexity index is 478. The SMILES string of the molecule is CS(=O)(=O)[C@@H](CO)C(=O)c1ccc(N)cc1. The number of nitrogens with two attached hydrogens (primary N) is 1. The highest BCUT2D eigenvalue weighted by Gasteiger charge is 2.28. The smallest absolute Gasteiger partial charge is 0.183 e. The molecule has 0 saturated carbocycles. The zero-order valence-electron chi connectivity index (χ0n) is 8.75. The third-order valence-electron chi connectivity index (χ3n) is 2.17. The van der Waals surface area contributed by atoms with Crippen molar-refractivity contribution in [3.63, 3.8) is 0 Å². The van der Waals surface area contributed by atoms with E-state index in [1.165, 1.54) is 24.3 Å². The predicted octanol–water partition coefficient (Wildman–Crippen LogP) is -0.143. The number of hydrogen-bond donors (Lipinski definition) is 2. The molecule has 3 N–H and O–H groups in total. The maximum Gasteiger partial charge on any atom is 0.183 e. The van der Waals surface area contributed by atoms with Crippen LogP contribution in [-0.4, -0.2) is 37.4 Å². The van der Waals surface area contributed by atoms with Gasteiger partial charge in [-0.05, 0) is 24.3 Å². The van der Waals surface area contributed by atoms with Gasteiger partial charge in [0.15, 0.2) is 15.6 Å². The number of aliphatic hydroxyl groups excluding tert-OH is 1. The summed E-state index contributed by atoms with van der Waals surface area (Å²) >= 11 is 0. The van der Waals surface area contributed by atoms with Gasteiger partial charge in [-0.15, -0.1) is 0 Å². The van der Waals surface area contributed by atoms with Gasteiger partial charge in [0.1, 0.15) is 5.25 Å². The van der Waals surface area contributed by atoms with E-state index in [0.717, 1.165) is 6.26 Å². The number of benzene rings is 1. The van der Waals surface area contributed by atoms with Crippen molar-refractivity contribution in [2.75, 3.05) is 18.6 Å². The molecule has 1 rings (SSSR count). The first kappa shape index (κ1) is 12.7. The van der Waals surface area contributed by atoms with Gasteiger partial charge in [0.25, 0.3) is 0 Å². The summed E-state index contributed by atoms with van der Waals surface area (Å²) in [6.45, 7) is -0.720. The van der Waals surface area contributed by atoms with Gasteiger partial charge in [0.05, 0.1) is 6.61 Å². The van der Waals surface area contributed by atoms with Gasteiger partial charge in [-0.1, -0.05) is 0 Å². The Labute approximate surface area is 93.8 Å². The molecule has 0 spiro atoms. The fraction of sp³-hybridized carbons (Fsp3) is 0.300. The average molecular weight is 243 g/mol. The van der Waals surface area contributed by atoms with Crippen LogP contribution in [-0.2, 0) is 9.84 Å². The molecule has 0 bridgehead atoms. The van der Waals surface area contributed by atoms with Crippen molar-refractivity contribution >= 4 is 21.3 Å². The summed E-state index contributed by atoms with van der Waals surface area (Å²) in [6.07, 6.45) is 0.920. The molecule has 88 valence electrons. The second kappa shape index (κ2) is 4.63. The second-order valence-electron chi connectivity index (χ2n) is 3.49. The minimum atomic E-state index is -3.60. The normalized spacial score (nSPS) is 13.4. The minimum absolute atomic E-state index is 0.221. The van der Waals surface area contributed by atoms with Crippen molar-refractivity contribution in [2.24, 2.45) is 0 Å². The summed E-state index contributed by atoms with van der Waals surface area (Å²) < 4.78 is 22.5. The Morgan fingerprint density at radius 2 is 1.88 bits per heavy atom. The number of hydrogen-bond acceptors (Lipinski definition) is 5. The fourth-order valence-electron chi connectivity index (χ4n) is 1.25. The fourth-order valence-corrected chi connectivity index (χ4v) is 2.04. The summed E-state index contributed by atoms with van der Waals surface area (Å²) in [5.74, 6) is -0.620. The van der Waals surface area contributed by atoms with Crippen LogP contribution in [0.25, 0.3) is 0 Å². The molecule has 0 unspecified atom stereocenters. The molecular formula is C10H13NO4S. The number of sulfone groups is 1. The van der Waals surface area contributed by atoms with Crippen LogP contribution in [0.1, 0.15) is 10.4 Å². The molecule has 0 aromatic heterocycles. The lowest BCUT2D eigenvalue weighted by molar-refractivity contribution is 0.0962. The molecule has 6 heteroatoms. The van der Waals surface area contributed by atoms with E-state index in [9.17, 15) is 13.2 Å². The number of carbonyl (C=O) groups excluding carboxylic acids is 1. The van der Waals surface area contributed by atoms with Crippen molar-refractivity contribution in [3.8, 4) is 0 Å². The number of nitrogen functional groups attached to an aromatic ring is 1. The molecule has 0 aliphatic rings. The summed E-state index contributed by atoms with van der Waals surface area (Å²) in [7, 11) is -3.60.